The number of nitrogens with zero attached hydrogens (tertiary/aromatic N) is 4. The largest absolute Gasteiger partial charge is 0.289 e. The van der Waals surface area contributed by atoms with Gasteiger partial charge in [0.15, 0.2) is 0 Å². The van der Waals surface area contributed by atoms with Gasteiger partial charge >= 0.3 is 0 Å². The quantitative estimate of drug-likeness (QED) is 0.693. The Hall–Kier alpha value is -1.82. The fraction of sp³-hybridized carbons (Fsp3) is 0. The highest BCUT2D eigenvalue weighted by Crippen LogP contribution is 2.17. The van der Waals surface area contributed by atoms with E-state index in [0.29, 0.717) is 17.2 Å². The maximum absolute atomic E-state index is 12.8. The van der Waals surface area contributed by atoms with Crippen LogP contribution >= 0.6 is 15.9 Å². The lowest BCUT2D eigenvalue weighted by atomic mass is 10.3. The third-order valence-electron chi connectivity index (χ3n) is 2.27. The summed E-state index contributed by atoms with van der Waals surface area (Å²) in [6.45, 7) is 0. The van der Waals surface area contributed by atoms with E-state index in [-0.39, 0.29) is 5.82 Å². The van der Waals surface area contributed by atoms with Crippen LogP contribution in [0.2, 0.25) is 0 Å². The Morgan fingerprint density at radius 3 is 2.71 bits per heavy atom. The summed E-state index contributed by atoms with van der Waals surface area (Å²) in [6.07, 6.45) is 6.49. The molecule has 0 aliphatic rings. The van der Waals surface area contributed by atoms with Gasteiger partial charge in [-0.05, 0) is 28.1 Å². The summed E-state index contributed by atoms with van der Waals surface area (Å²) < 4.78 is 15.4. The highest BCUT2D eigenvalue weighted by molar-refractivity contribution is 9.10. The first-order valence-corrected chi connectivity index (χ1v) is 5.64. The maximum atomic E-state index is 12.8. The van der Waals surface area contributed by atoms with Gasteiger partial charge in [-0.15, -0.1) is 0 Å². The molecule has 0 aromatic carbocycles. The minimum absolute atomic E-state index is 0.363. The average molecular weight is 293 g/mol. The molecule has 6 heteroatoms. The van der Waals surface area contributed by atoms with Crippen LogP contribution in [-0.2, 0) is 0 Å². The smallest absolute Gasteiger partial charge is 0.234 e. The summed E-state index contributed by atoms with van der Waals surface area (Å²) in [5, 5.41) is 0. The molecule has 0 unspecified atom stereocenters. The molecule has 0 spiro atoms. The predicted octanol–water partition coefficient (Wildman–Crippen LogP) is 2.69. The van der Waals surface area contributed by atoms with Crippen LogP contribution < -0.4 is 0 Å². The van der Waals surface area contributed by atoms with Crippen molar-refractivity contribution >= 4 is 21.7 Å². The summed E-state index contributed by atoms with van der Waals surface area (Å²) >= 11 is 3.33. The summed E-state index contributed by atoms with van der Waals surface area (Å²) in [7, 11) is 0. The molecule has 4 nitrogen and oxygen atoms in total. The van der Waals surface area contributed by atoms with Crippen LogP contribution in [0.5, 0.6) is 0 Å². The zero-order valence-electron chi connectivity index (χ0n) is 8.51. The van der Waals surface area contributed by atoms with Crippen molar-refractivity contribution in [2.45, 2.75) is 0 Å². The van der Waals surface area contributed by atoms with Gasteiger partial charge in [-0.25, -0.2) is 14.4 Å². The summed E-state index contributed by atoms with van der Waals surface area (Å²) in [5.74, 6) is 0.215. The van der Waals surface area contributed by atoms with Crippen molar-refractivity contribution in [3.05, 3.63) is 47.2 Å². The minimum atomic E-state index is -0.363. The van der Waals surface area contributed by atoms with Crippen LogP contribution in [0, 0.1) is 5.82 Å². The van der Waals surface area contributed by atoms with E-state index in [0.717, 1.165) is 4.47 Å². The van der Waals surface area contributed by atoms with Gasteiger partial charge in [0.1, 0.15) is 11.5 Å². The monoisotopic (exact) mass is 292 g/mol. The molecular weight excluding hydrogens is 287 g/mol. The molecule has 0 atom stereocenters. The number of hydrogen-bond donors (Lipinski definition) is 0. The van der Waals surface area contributed by atoms with Gasteiger partial charge in [0.2, 0.25) is 5.78 Å². The van der Waals surface area contributed by atoms with Gasteiger partial charge in [0.05, 0.1) is 16.4 Å². The molecule has 0 bridgehead atoms. The van der Waals surface area contributed by atoms with E-state index >= 15 is 0 Å². The van der Waals surface area contributed by atoms with E-state index in [9.17, 15) is 4.39 Å². The Labute approximate surface area is 104 Å². The van der Waals surface area contributed by atoms with Gasteiger partial charge < -0.3 is 0 Å². The number of imidazole rings is 1. The van der Waals surface area contributed by atoms with Gasteiger partial charge in [-0.1, -0.05) is 0 Å². The third kappa shape index (κ3) is 1.91. The molecule has 0 radical (unpaired) electrons. The van der Waals surface area contributed by atoms with Crippen molar-refractivity contribution in [1.82, 2.24) is 19.4 Å². The average Bonchev–Trinajstić information content (AvgIpc) is 2.72. The lowest BCUT2D eigenvalue weighted by molar-refractivity contribution is 0.622. The molecular formula is C11H6BrFN4. The molecule has 0 saturated heterocycles. The van der Waals surface area contributed by atoms with Crippen molar-refractivity contribution < 1.29 is 4.39 Å². The molecule has 3 aromatic heterocycles. The molecule has 0 saturated carbocycles. The SMILES string of the molecule is Fc1ccc(-c2cn3cc(Br)cnc3n2)nc1. The minimum Gasteiger partial charge on any atom is -0.289 e. The number of aromatic nitrogens is 4. The lowest BCUT2D eigenvalue weighted by Crippen LogP contribution is -1.85. The van der Waals surface area contributed by atoms with Crippen LogP contribution in [0.4, 0.5) is 4.39 Å². The zero-order chi connectivity index (χ0) is 11.8. The number of halogens is 2. The molecule has 17 heavy (non-hydrogen) atoms. The maximum Gasteiger partial charge on any atom is 0.234 e. The van der Waals surface area contributed by atoms with Crippen molar-refractivity contribution in [1.29, 1.82) is 0 Å². The third-order valence-corrected chi connectivity index (χ3v) is 2.68. The van der Waals surface area contributed by atoms with E-state index < -0.39 is 0 Å². The van der Waals surface area contributed by atoms with Crippen molar-refractivity contribution in [2.24, 2.45) is 0 Å². The lowest BCUT2D eigenvalue weighted by Gasteiger charge is -1.93. The van der Waals surface area contributed by atoms with Crippen molar-refractivity contribution in [2.75, 3.05) is 0 Å². The first-order valence-electron chi connectivity index (χ1n) is 4.84. The zero-order valence-corrected chi connectivity index (χ0v) is 10.1. The second-order valence-electron chi connectivity index (χ2n) is 3.47. The van der Waals surface area contributed by atoms with Gasteiger partial charge in [0.25, 0.3) is 0 Å². The normalized spacial score (nSPS) is 10.9. The van der Waals surface area contributed by atoms with Gasteiger partial charge in [0, 0.05) is 18.6 Å². The molecule has 3 heterocycles. The van der Waals surface area contributed by atoms with Crippen molar-refractivity contribution in [3.8, 4) is 11.4 Å². The van der Waals surface area contributed by atoms with E-state index in [1.807, 2.05) is 6.20 Å². The predicted molar refractivity (Wildman–Crippen MR) is 63.9 cm³/mol. The van der Waals surface area contributed by atoms with Gasteiger partial charge in [-0.3, -0.25) is 9.38 Å². The fourth-order valence-corrected chi connectivity index (χ4v) is 1.83. The van der Waals surface area contributed by atoms with Crippen molar-refractivity contribution in [3.63, 3.8) is 0 Å². The van der Waals surface area contributed by atoms with Crippen LogP contribution in [0.1, 0.15) is 0 Å². The first-order chi connectivity index (χ1) is 8.22. The summed E-state index contributed by atoms with van der Waals surface area (Å²) in [6, 6.07) is 2.95. The Balaban J connectivity index is 2.14. The highest BCUT2D eigenvalue weighted by atomic mass is 79.9. The Kier molecular flexibility index (Phi) is 2.36. The number of rotatable bonds is 1. The molecule has 0 aliphatic carbocycles. The topological polar surface area (TPSA) is 43.1 Å². The van der Waals surface area contributed by atoms with Gasteiger partial charge in [-0.2, -0.15) is 0 Å². The highest BCUT2D eigenvalue weighted by Gasteiger charge is 2.06. The van der Waals surface area contributed by atoms with Crippen LogP contribution in [0.15, 0.2) is 41.4 Å². The summed E-state index contributed by atoms with van der Waals surface area (Å²) in [4.78, 5) is 12.4. The first kappa shape index (κ1) is 10.3. The van der Waals surface area contributed by atoms with E-state index in [4.69, 9.17) is 0 Å². The Bertz CT molecular complexity index is 678. The van der Waals surface area contributed by atoms with Crippen LogP contribution in [-0.4, -0.2) is 19.4 Å². The molecule has 0 fully saturated rings. The molecule has 3 aromatic rings. The molecule has 3 rings (SSSR count). The standard InChI is InChI=1S/C11H6BrFN4/c12-7-3-15-11-16-10(6-17(11)5-7)9-2-1-8(13)4-14-9/h1-6H. The fourth-order valence-electron chi connectivity index (χ4n) is 1.51. The second kappa shape index (κ2) is 3.89. The Morgan fingerprint density at radius 2 is 1.94 bits per heavy atom. The number of pyridine rings is 1. The second-order valence-corrected chi connectivity index (χ2v) is 4.38. The number of hydrogen-bond acceptors (Lipinski definition) is 3. The van der Waals surface area contributed by atoms with E-state index in [1.165, 1.54) is 12.3 Å². The molecule has 0 aliphatic heterocycles. The van der Waals surface area contributed by atoms with Crippen LogP contribution in [0.25, 0.3) is 17.2 Å². The van der Waals surface area contributed by atoms with E-state index in [2.05, 4.69) is 30.9 Å². The molecule has 84 valence electrons. The number of fused-ring (bicyclic) bond motifs is 1. The molecule has 0 amide bonds. The van der Waals surface area contributed by atoms with E-state index in [1.54, 1.807) is 22.9 Å². The van der Waals surface area contributed by atoms with Crippen LogP contribution in [0.3, 0.4) is 0 Å². The molecule has 0 N–H and O–H groups in total. The summed E-state index contributed by atoms with van der Waals surface area (Å²) in [5.41, 5.74) is 1.28. The Morgan fingerprint density at radius 1 is 1.06 bits per heavy atom.